The average Bonchev–Trinajstić information content (AvgIpc) is 2.73. The van der Waals surface area contributed by atoms with Crippen LogP contribution in [0.4, 0.5) is 0 Å². The minimum atomic E-state index is 0.404. The van der Waals surface area contributed by atoms with Crippen LogP contribution in [0.15, 0.2) is 6.20 Å². The highest BCUT2D eigenvalue weighted by molar-refractivity contribution is 6.14. The maximum absolute atomic E-state index is 6.29. The minimum absolute atomic E-state index is 0.404. The molecule has 0 saturated carbocycles. The lowest BCUT2D eigenvalue weighted by Crippen LogP contribution is -2.45. The van der Waals surface area contributed by atoms with Crippen LogP contribution in [-0.4, -0.2) is 44.9 Å². The first-order valence-corrected chi connectivity index (χ1v) is 7.47. The topological polar surface area (TPSA) is 33.5 Å². The van der Waals surface area contributed by atoms with E-state index in [1.54, 1.807) is 4.42 Å². The van der Waals surface area contributed by atoms with E-state index in [0.29, 0.717) is 12.6 Å². The molecule has 0 radical (unpaired) electrons. The van der Waals surface area contributed by atoms with Crippen molar-refractivity contribution in [2.45, 2.75) is 32.9 Å². The summed E-state index contributed by atoms with van der Waals surface area (Å²) in [6, 6.07) is 0.404. The van der Waals surface area contributed by atoms with Crippen molar-refractivity contribution in [2.24, 2.45) is 7.05 Å². The predicted octanol–water partition coefficient (Wildman–Crippen LogP) is 2.11. The first kappa shape index (κ1) is 13.8. The molecule has 6 heteroatoms. The predicted molar refractivity (Wildman–Crippen MR) is 78.9 cm³/mol. The molecular formula is C14H21ClN4O. The van der Waals surface area contributed by atoms with Gasteiger partial charge in [-0.1, -0.05) is 6.92 Å². The van der Waals surface area contributed by atoms with Gasteiger partial charge in [-0.05, 0) is 13.3 Å². The Balaban J connectivity index is 2.03. The summed E-state index contributed by atoms with van der Waals surface area (Å²) in [6.07, 6.45) is 3.09. The van der Waals surface area contributed by atoms with Crippen molar-refractivity contribution in [1.29, 1.82) is 0 Å². The number of nitrogens with zero attached hydrogens (tertiary/aromatic N) is 4. The number of hydrogen-bond acceptors (Lipinski definition) is 4. The summed E-state index contributed by atoms with van der Waals surface area (Å²) >= 11 is 6.29. The number of hydrogen-bond donors (Lipinski definition) is 0. The number of morpholine rings is 1. The average molecular weight is 297 g/mol. The van der Waals surface area contributed by atoms with Crippen LogP contribution in [0.5, 0.6) is 0 Å². The first-order chi connectivity index (χ1) is 9.61. The number of halogens is 1. The van der Waals surface area contributed by atoms with E-state index in [9.17, 15) is 0 Å². The molecule has 1 aromatic rings. The zero-order valence-electron chi connectivity index (χ0n) is 12.3. The molecule has 2 aliphatic rings. The second-order valence-corrected chi connectivity index (χ2v) is 5.87. The summed E-state index contributed by atoms with van der Waals surface area (Å²) in [6.45, 7) is 7.40. The SMILES string of the molecule is CC[C@H]1COCCN1C1=CN(Cl)Cc2c(C)nn(C)c21. The van der Waals surface area contributed by atoms with Gasteiger partial charge < -0.3 is 9.64 Å². The lowest BCUT2D eigenvalue weighted by molar-refractivity contribution is 0.0196. The Morgan fingerprint density at radius 2 is 2.30 bits per heavy atom. The third-order valence-electron chi connectivity index (χ3n) is 4.17. The second kappa shape index (κ2) is 5.30. The van der Waals surface area contributed by atoms with Crippen molar-refractivity contribution < 1.29 is 4.74 Å². The van der Waals surface area contributed by atoms with Crippen LogP contribution in [0.25, 0.3) is 5.70 Å². The molecule has 0 bridgehead atoms. The first-order valence-electron chi connectivity index (χ1n) is 7.13. The number of ether oxygens (including phenoxy) is 1. The van der Waals surface area contributed by atoms with E-state index < -0.39 is 0 Å². The molecule has 0 N–H and O–H groups in total. The van der Waals surface area contributed by atoms with Gasteiger partial charge in [-0.3, -0.25) is 9.10 Å². The van der Waals surface area contributed by atoms with E-state index in [1.807, 2.05) is 24.9 Å². The summed E-state index contributed by atoms with van der Waals surface area (Å²) < 4.78 is 9.31. The molecule has 2 aliphatic heterocycles. The molecule has 0 aromatic carbocycles. The van der Waals surface area contributed by atoms with E-state index >= 15 is 0 Å². The zero-order chi connectivity index (χ0) is 14.3. The monoisotopic (exact) mass is 296 g/mol. The van der Waals surface area contributed by atoms with E-state index in [-0.39, 0.29) is 0 Å². The van der Waals surface area contributed by atoms with E-state index in [0.717, 1.165) is 31.9 Å². The summed E-state index contributed by atoms with van der Waals surface area (Å²) in [5.41, 5.74) is 4.64. The number of aromatic nitrogens is 2. The van der Waals surface area contributed by atoms with Crippen LogP contribution in [0.3, 0.4) is 0 Å². The van der Waals surface area contributed by atoms with Crippen molar-refractivity contribution in [3.63, 3.8) is 0 Å². The molecular weight excluding hydrogens is 276 g/mol. The smallest absolute Gasteiger partial charge is 0.0908 e. The summed E-state index contributed by atoms with van der Waals surface area (Å²) in [5.74, 6) is 0. The summed E-state index contributed by atoms with van der Waals surface area (Å²) in [7, 11) is 2.00. The highest BCUT2D eigenvalue weighted by Gasteiger charge is 2.31. The molecule has 0 amide bonds. The Morgan fingerprint density at radius 1 is 1.50 bits per heavy atom. The molecule has 1 saturated heterocycles. The molecule has 20 heavy (non-hydrogen) atoms. The van der Waals surface area contributed by atoms with Crippen molar-refractivity contribution >= 4 is 17.5 Å². The van der Waals surface area contributed by atoms with Gasteiger partial charge in [0.15, 0.2) is 0 Å². The van der Waals surface area contributed by atoms with E-state index in [4.69, 9.17) is 16.5 Å². The van der Waals surface area contributed by atoms with Gasteiger partial charge in [0, 0.05) is 37.1 Å². The third-order valence-corrected chi connectivity index (χ3v) is 4.39. The van der Waals surface area contributed by atoms with Gasteiger partial charge in [0.25, 0.3) is 0 Å². The second-order valence-electron chi connectivity index (χ2n) is 5.44. The van der Waals surface area contributed by atoms with Gasteiger partial charge in [0.05, 0.1) is 42.9 Å². The van der Waals surface area contributed by atoms with Crippen LogP contribution in [0, 0.1) is 6.92 Å². The normalized spacial score (nSPS) is 22.8. The van der Waals surface area contributed by atoms with Gasteiger partial charge in [-0.15, -0.1) is 0 Å². The Bertz CT molecular complexity index is 540. The Morgan fingerprint density at radius 3 is 3.05 bits per heavy atom. The fraction of sp³-hybridized carbons (Fsp3) is 0.643. The van der Waals surface area contributed by atoms with Gasteiger partial charge in [0.2, 0.25) is 0 Å². The molecule has 110 valence electrons. The molecule has 0 spiro atoms. The number of aryl methyl sites for hydroxylation is 2. The summed E-state index contributed by atoms with van der Waals surface area (Å²) in [5, 5.41) is 4.56. The van der Waals surface area contributed by atoms with Crippen molar-refractivity contribution in [1.82, 2.24) is 19.1 Å². The highest BCUT2D eigenvalue weighted by Crippen LogP contribution is 2.34. The lowest BCUT2D eigenvalue weighted by Gasteiger charge is -2.40. The molecule has 5 nitrogen and oxygen atoms in total. The van der Waals surface area contributed by atoms with Crippen LogP contribution >= 0.6 is 11.8 Å². The third kappa shape index (κ3) is 2.19. The molecule has 1 aromatic heterocycles. The van der Waals surface area contributed by atoms with Crippen LogP contribution < -0.4 is 0 Å². The lowest BCUT2D eigenvalue weighted by atomic mass is 10.0. The Hall–Kier alpha value is -1.20. The standard InChI is InChI=1S/C14H21ClN4O/c1-4-11-9-20-6-5-19(11)13-8-18(15)7-12-10(2)16-17(3)14(12)13/h8,11H,4-7,9H2,1-3H3/t11-/m0/s1. The molecule has 3 rings (SSSR count). The van der Waals surface area contributed by atoms with Gasteiger partial charge in [-0.25, -0.2) is 0 Å². The Labute approximate surface area is 124 Å². The van der Waals surface area contributed by atoms with E-state index in [1.165, 1.54) is 17.0 Å². The molecule has 0 aliphatic carbocycles. The van der Waals surface area contributed by atoms with Gasteiger partial charge in [0.1, 0.15) is 0 Å². The van der Waals surface area contributed by atoms with Gasteiger partial charge in [-0.2, -0.15) is 5.10 Å². The largest absolute Gasteiger partial charge is 0.377 e. The zero-order valence-corrected chi connectivity index (χ0v) is 13.0. The fourth-order valence-electron chi connectivity index (χ4n) is 3.12. The van der Waals surface area contributed by atoms with Gasteiger partial charge >= 0.3 is 0 Å². The quantitative estimate of drug-likeness (QED) is 0.783. The maximum atomic E-state index is 6.29. The molecule has 1 atom stereocenters. The maximum Gasteiger partial charge on any atom is 0.0908 e. The minimum Gasteiger partial charge on any atom is -0.377 e. The van der Waals surface area contributed by atoms with E-state index in [2.05, 4.69) is 16.9 Å². The molecule has 3 heterocycles. The molecule has 0 unspecified atom stereocenters. The van der Waals surface area contributed by atoms with Crippen molar-refractivity contribution in [2.75, 3.05) is 19.8 Å². The number of fused-ring (bicyclic) bond motifs is 1. The fourth-order valence-corrected chi connectivity index (χ4v) is 3.33. The Kier molecular flexibility index (Phi) is 3.65. The number of rotatable bonds is 2. The van der Waals surface area contributed by atoms with Crippen LogP contribution in [-0.2, 0) is 18.3 Å². The van der Waals surface area contributed by atoms with Crippen molar-refractivity contribution in [3.8, 4) is 0 Å². The van der Waals surface area contributed by atoms with Crippen molar-refractivity contribution in [3.05, 3.63) is 23.2 Å². The van der Waals surface area contributed by atoms with Crippen LogP contribution in [0.1, 0.15) is 30.3 Å². The molecule has 1 fully saturated rings. The highest BCUT2D eigenvalue weighted by atomic mass is 35.5. The summed E-state index contributed by atoms with van der Waals surface area (Å²) in [4.78, 5) is 2.41. The van der Waals surface area contributed by atoms with Crippen LogP contribution in [0.2, 0.25) is 0 Å².